The summed E-state index contributed by atoms with van der Waals surface area (Å²) in [5.74, 6) is -0.906. The van der Waals surface area contributed by atoms with Crippen molar-refractivity contribution in [2.45, 2.75) is 348 Å². The fourth-order valence-electron chi connectivity index (χ4n) is 9.93. The van der Waals surface area contributed by atoms with Crippen molar-refractivity contribution < 1.29 is 28.6 Å². The molecule has 0 saturated carbocycles. The molecule has 0 saturated heterocycles. The molecule has 6 nitrogen and oxygen atoms in total. The van der Waals surface area contributed by atoms with E-state index in [2.05, 4.69) is 130 Å². The van der Waals surface area contributed by atoms with Gasteiger partial charge >= 0.3 is 17.9 Å². The number of rotatable bonds is 64. The first-order chi connectivity index (χ1) is 41.0. The highest BCUT2D eigenvalue weighted by Crippen LogP contribution is 2.17. The van der Waals surface area contributed by atoms with E-state index in [-0.39, 0.29) is 31.1 Å². The highest BCUT2D eigenvalue weighted by molar-refractivity contribution is 5.71. The predicted molar refractivity (Wildman–Crippen MR) is 362 cm³/mol. The van der Waals surface area contributed by atoms with Crippen LogP contribution >= 0.6 is 0 Å². The minimum Gasteiger partial charge on any atom is -0.462 e. The second kappa shape index (κ2) is 70.6. The second-order valence-corrected chi connectivity index (χ2v) is 23.4. The minimum absolute atomic E-state index is 0.0872. The quantitative estimate of drug-likeness (QED) is 0.0261. The molecular weight excluding hydrogens is 1020 g/mol. The minimum atomic E-state index is -0.793. The Hall–Kier alpha value is -3.93. The lowest BCUT2D eigenvalue weighted by molar-refractivity contribution is -0.167. The maximum Gasteiger partial charge on any atom is 0.306 e. The van der Waals surface area contributed by atoms with Gasteiger partial charge in [-0.25, -0.2) is 0 Å². The summed E-state index contributed by atoms with van der Waals surface area (Å²) in [6.45, 7) is 6.48. The Balaban J connectivity index is 4.18. The molecule has 0 aromatic rings. The Morgan fingerprint density at radius 2 is 0.482 bits per heavy atom. The van der Waals surface area contributed by atoms with Crippen molar-refractivity contribution in [3.63, 3.8) is 0 Å². The Kier molecular flexibility index (Phi) is 67.2. The van der Waals surface area contributed by atoms with Crippen LogP contribution < -0.4 is 0 Å². The fraction of sp³-hybridized carbons (Fsp3) is 0.727. The van der Waals surface area contributed by atoms with Crippen LogP contribution in [0.5, 0.6) is 0 Å². The normalized spacial score (nSPS) is 12.8. The Morgan fingerprint density at radius 1 is 0.253 bits per heavy atom. The molecule has 0 fully saturated rings. The summed E-state index contributed by atoms with van der Waals surface area (Å²) < 4.78 is 16.9. The third-order valence-electron chi connectivity index (χ3n) is 15.2. The molecule has 0 aliphatic carbocycles. The van der Waals surface area contributed by atoms with Crippen LogP contribution in [0.2, 0.25) is 0 Å². The molecule has 0 heterocycles. The van der Waals surface area contributed by atoms with Gasteiger partial charge in [-0.05, 0) is 122 Å². The van der Waals surface area contributed by atoms with E-state index >= 15 is 0 Å². The lowest BCUT2D eigenvalue weighted by atomic mass is 10.0. The summed E-state index contributed by atoms with van der Waals surface area (Å²) in [6.07, 6.45) is 97.0. The standard InChI is InChI=1S/C77H132O6/c1-4-7-10-13-16-19-22-24-26-28-30-32-33-34-35-36-37-38-39-40-41-42-43-45-46-48-50-52-55-58-61-64-67-70-76(79)82-73-74(72-81-75(78)69-66-63-60-57-54-21-18-15-12-9-6-3)83-77(80)71-68-65-62-59-56-53-51-49-47-44-31-29-27-25-23-20-17-14-11-8-5-2/h8,11,15,17-18,20,22,24-25,27-28,30-31,33-34,44,49,51,74H,4-7,9-10,12-14,16,19,21,23,26,29,32,35-43,45-48,50,52-73H2,1-3H3/b11-8-,18-15-,20-17-,24-22-,27-25-,30-28-,34-33-,44-31-,51-49-. The van der Waals surface area contributed by atoms with E-state index in [0.29, 0.717) is 19.3 Å². The molecular formula is C77H132O6. The first kappa shape index (κ1) is 79.1. The lowest BCUT2D eigenvalue weighted by Crippen LogP contribution is -2.30. The summed E-state index contributed by atoms with van der Waals surface area (Å²) in [5, 5.41) is 0. The van der Waals surface area contributed by atoms with Crippen molar-refractivity contribution in [3.05, 3.63) is 109 Å². The topological polar surface area (TPSA) is 78.9 Å². The van der Waals surface area contributed by atoms with Crippen molar-refractivity contribution in [3.8, 4) is 0 Å². The number of esters is 3. The first-order valence-electron chi connectivity index (χ1n) is 35.4. The van der Waals surface area contributed by atoms with E-state index in [9.17, 15) is 14.4 Å². The van der Waals surface area contributed by atoms with Gasteiger partial charge in [-0.3, -0.25) is 14.4 Å². The van der Waals surface area contributed by atoms with Crippen LogP contribution in [0.25, 0.3) is 0 Å². The molecule has 0 aliphatic heterocycles. The summed E-state index contributed by atoms with van der Waals surface area (Å²) in [6, 6.07) is 0. The average Bonchev–Trinajstić information content (AvgIpc) is 3.48. The van der Waals surface area contributed by atoms with Gasteiger partial charge in [0.2, 0.25) is 0 Å². The number of carbonyl (C=O) groups is 3. The van der Waals surface area contributed by atoms with Gasteiger partial charge in [-0.2, -0.15) is 0 Å². The van der Waals surface area contributed by atoms with Crippen molar-refractivity contribution >= 4 is 17.9 Å². The second-order valence-electron chi connectivity index (χ2n) is 23.4. The van der Waals surface area contributed by atoms with Gasteiger partial charge in [0.15, 0.2) is 6.10 Å². The molecule has 83 heavy (non-hydrogen) atoms. The van der Waals surface area contributed by atoms with Gasteiger partial charge in [0.25, 0.3) is 0 Å². The predicted octanol–water partition coefficient (Wildman–Crippen LogP) is 24.6. The average molecular weight is 1150 g/mol. The number of carbonyl (C=O) groups excluding carboxylic acids is 3. The highest BCUT2D eigenvalue weighted by atomic mass is 16.6. The van der Waals surface area contributed by atoms with Gasteiger partial charge < -0.3 is 14.2 Å². The molecule has 1 atom stereocenters. The summed E-state index contributed by atoms with van der Waals surface area (Å²) in [7, 11) is 0. The third kappa shape index (κ3) is 68.7. The monoisotopic (exact) mass is 1150 g/mol. The van der Waals surface area contributed by atoms with Gasteiger partial charge in [-0.15, -0.1) is 0 Å². The molecule has 0 aromatic heterocycles. The number of unbranched alkanes of at least 4 members (excludes halogenated alkanes) is 35. The summed E-state index contributed by atoms with van der Waals surface area (Å²) >= 11 is 0. The van der Waals surface area contributed by atoms with E-state index in [1.165, 1.54) is 173 Å². The molecule has 476 valence electrons. The SMILES string of the molecule is CC/C=C\C/C=C\C/C=C\C/C=C\C/C=C\CCCCCCCC(=O)OC(COC(=O)CCCCCCC/C=C\CCCC)COC(=O)CCCCCCCCCCCCCCCCCCCC/C=C\C/C=C\C/C=C\CCCCCCC. The molecule has 0 rings (SSSR count). The summed E-state index contributed by atoms with van der Waals surface area (Å²) in [4.78, 5) is 38.3. The maximum absolute atomic E-state index is 12.9. The van der Waals surface area contributed by atoms with Gasteiger partial charge in [0.1, 0.15) is 13.2 Å². The van der Waals surface area contributed by atoms with Crippen LogP contribution in [0.4, 0.5) is 0 Å². The first-order valence-corrected chi connectivity index (χ1v) is 35.4. The van der Waals surface area contributed by atoms with Crippen LogP contribution in [0.3, 0.4) is 0 Å². The third-order valence-corrected chi connectivity index (χ3v) is 15.2. The largest absolute Gasteiger partial charge is 0.462 e. The van der Waals surface area contributed by atoms with Crippen LogP contribution in [-0.2, 0) is 28.6 Å². The molecule has 0 aromatic carbocycles. The Morgan fingerprint density at radius 3 is 0.783 bits per heavy atom. The van der Waals surface area contributed by atoms with Crippen molar-refractivity contribution in [2.75, 3.05) is 13.2 Å². The number of ether oxygens (including phenoxy) is 3. The zero-order valence-corrected chi connectivity index (χ0v) is 54.7. The molecule has 0 spiro atoms. The van der Waals surface area contributed by atoms with Crippen molar-refractivity contribution in [1.82, 2.24) is 0 Å². The zero-order valence-electron chi connectivity index (χ0n) is 54.7. The lowest BCUT2D eigenvalue weighted by Gasteiger charge is -2.18. The van der Waals surface area contributed by atoms with Crippen LogP contribution in [0.15, 0.2) is 109 Å². The smallest absolute Gasteiger partial charge is 0.306 e. The van der Waals surface area contributed by atoms with E-state index in [1.54, 1.807) is 0 Å². The van der Waals surface area contributed by atoms with Crippen molar-refractivity contribution in [2.24, 2.45) is 0 Å². The molecule has 0 N–H and O–H groups in total. The van der Waals surface area contributed by atoms with Crippen LogP contribution in [-0.4, -0.2) is 37.2 Å². The van der Waals surface area contributed by atoms with Crippen LogP contribution in [0, 0.1) is 0 Å². The van der Waals surface area contributed by atoms with Gasteiger partial charge in [0.05, 0.1) is 0 Å². The zero-order chi connectivity index (χ0) is 59.9. The molecule has 0 amide bonds. The highest BCUT2D eigenvalue weighted by Gasteiger charge is 2.19. The van der Waals surface area contributed by atoms with E-state index in [0.717, 1.165) is 128 Å². The summed E-state index contributed by atoms with van der Waals surface area (Å²) in [5.41, 5.74) is 0. The Bertz CT molecular complexity index is 1660. The van der Waals surface area contributed by atoms with E-state index in [1.807, 2.05) is 0 Å². The van der Waals surface area contributed by atoms with Crippen molar-refractivity contribution in [1.29, 1.82) is 0 Å². The van der Waals surface area contributed by atoms with E-state index < -0.39 is 6.10 Å². The van der Waals surface area contributed by atoms with Gasteiger partial charge in [-0.1, -0.05) is 310 Å². The van der Waals surface area contributed by atoms with Crippen LogP contribution in [0.1, 0.15) is 342 Å². The Labute approximate surface area is 514 Å². The van der Waals surface area contributed by atoms with Gasteiger partial charge in [0, 0.05) is 19.3 Å². The molecule has 0 radical (unpaired) electrons. The fourth-order valence-corrected chi connectivity index (χ4v) is 9.93. The molecule has 0 aliphatic rings. The maximum atomic E-state index is 12.9. The molecule has 1 unspecified atom stereocenters. The molecule has 6 heteroatoms. The number of hydrogen-bond donors (Lipinski definition) is 0. The van der Waals surface area contributed by atoms with E-state index in [4.69, 9.17) is 14.2 Å². The molecule has 0 bridgehead atoms. The number of allylic oxidation sites excluding steroid dienone is 18. The number of hydrogen-bond acceptors (Lipinski definition) is 6.